The van der Waals surface area contributed by atoms with Crippen molar-refractivity contribution in [3.05, 3.63) is 29.8 Å². The third-order valence-corrected chi connectivity index (χ3v) is 6.25. The summed E-state index contributed by atoms with van der Waals surface area (Å²) in [7, 11) is 0. The van der Waals surface area contributed by atoms with Crippen molar-refractivity contribution in [3.8, 4) is 5.75 Å². The normalized spacial score (nSPS) is 23.9. The van der Waals surface area contributed by atoms with Crippen molar-refractivity contribution in [1.29, 1.82) is 0 Å². The molecule has 1 saturated carbocycles. The third-order valence-electron chi connectivity index (χ3n) is 6.25. The van der Waals surface area contributed by atoms with Gasteiger partial charge in [0.2, 0.25) is 11.8 Å². The molecular formula is C23H34N2O3. The van der Waals surface area contributed by atoms with Crippen LogP contribution in [-0.4, -0.2) is 34.9 Å². The molecule has 0 spiro atoms. The molecule has 1 N–H and O–H groups in total. The smallest absolute Gasteiger partial charge is 0.245 e. The minimum Gasteiger partial charge on any atom is -0.494 e. The summed E-state index contributed by atoms with van der Waals surface area (Å²) in [6, 6.07) is 8.01. The first-order valence-electron chi connectivity index (χ1n) is 10.9. The molecule has 5 heteroatoms. The number of ether oxygens (including phenoxy) is 1. The molecule has 3 rings (SSSR count). The first-order valence-corrected chi connectivity index (χ1v) is 10.9. The summed E-state index contributed by atoms with van der Waals surface area (Å²) in [6.07, 6.45) is 9.24. The molecule has 1 heterocycles. The maximum Gasteiger partial charge on any atom is 0.245 e. The van der Waals surface area contributed by atoms with Crippen LogP contribution < -0.4 is 10.1 Å². The highest BCUT2D eigenvalue weighted by Crippen LogP contribution is 2.34. The summed E-state index contributed by atoms with van der Waals surface area (Å²) in [5, 5.41) is 3.28. The van der Waals surface area contributed by atoms with Crippen molar-refractivity contribution in [2.45, 2.75) is 89.8 Å². The fourth-order valence-corrected chi connectivity index (χ4v) is 4.44. The lowest BCUT2D eigenvalue weighted by Gasteiger charge is -2.36. The van der Waals surface area contributed by atoms with Crippen molar-refractivity contribution >= 4 is 11.8 Å². The monoisotopic (exact) mass is 386 g/mol. The third kappa shape index (κ3) is 4.68. The zero-order chi connectivity index (χ0) is 20.0. The SMILES string of the molecule is CCOc1ccccc1CN1C(=O)CCC1(C)C(=O)NC1CCCCCCC1. The van der Waals surface area contributed by atoms with Crippen LogP contribution in [0.25, 0.3) is 0 Å². The standard InChI is InChI=1S/C23H34N2O3/c1-3-28-20-14-10-9-11-18(20)17-25-21(26)15-16-23(25,2)22(27)24-19-12-7-5-4-6-8-13-19/h9-11,14,19H,3-8,12-13,15-17H2,1-2H3,(H,24,27). The minimum atomic E-state index is -0.793. The summed E-state index contributed by atoms with van der Waals surface area (Å²) in [5.74, 6) is 0.826. The van der Waals surface area contributed by atoms with E-state index in [4.69, 9.17) is 4.74 Å². The molecule has 0 bridgehead atoms. The molecule has 1 atom stereocenters. The van der Waals surface area contributed by atoms with Crippen molar-refractivity contribution in [3.63, 3.8) is 0 Å². The van der Waals surface area contributed by atoms with E-state index in [9.17, 15) is 9.59 Å². The Morgan fingerprint density at radius 3 is 2.57 bits per heavy atom. The van der Waals surface area contributed by atoms with Crippen molar-refractivity contribution in [2.24, 2.45) is 0 Å². The molecule has 1 aliphatic heterocycles. The number of nitrogens with one attached hydrogen (secondary N) is 1. The van der Waals surface area contributed by atoms with Crippen LogP contribution in [0, 0.1) is 0 Å². The van der Waals surface area contributed by atoms with Gasteiger partial charge in [-0.25, -0.2) is 0 Å². The number of nitrogens with zero attached hydrogens (tertiary/aromatic N) is 1. The Labute approximate surface area is 168 Å². The van der Waals surface area contributed by atoms with Crippen LogP contribution in [0.4, 0.5) is 0 Å². The maximum atomic E-state index is 13.3. The number of hydrogen-bond donors (Lipinski definition) is 1. The van der Waals surface area contributed by atoms with Crippen LogP contribution in [0.2, 0.25) is 0 Å². The second-order valence-electron chi connectivity index (χ2n) is 8.31. The lowest BCUT2D eigenvalue weighted by Crippen LogP contribution is -2.56. The first-order chi connectivity index (χ1) is 13.5. The molecule has 0 radical (unpaired) electrons. The second-order valence-corrected chi connectivity index (χ2v) is 8.31. The van der Waals surface area contributed by atoms with Gasteiger partial charge in [0.25, 0.3) is 0 Å². The van der Waals surface area contributed by atoms with E-state index in [1.165, 1.54) is 32.1 Å². The number of para-hydroxylation sites is 1. The topological polar surface area (TPSA) is 58.6 Å². The second kappa shape index (κ2) is 9.44. The summed E-state index contributed by atoms with van der Waals surface area (Å²) in [6.45, 7) is 4.85. The van der Waals surface area contributed by atoms with E-state index in [0.29, 0.717) is 26.0 Å². The highest BCUT2D eigenvalue weighted by molar-refractivity contribution is 5.94. The highest BCUT2D eigenvalue weighted by Gasteiger charge is 2.47. The van der Waals surface area contributed by atoms with E-state index in [0.717, 1.165) is 24.2 Å². The van der Waals surface area contributed by atoms with Crippen LogP contribution >= 0.6 is 0 Å². The first kappa shape index (κ1) is 20.7. The summed E-state index contributed by atoms with van der Waals surface area (Å²) < 4.78 is 5.72. The van der Waals surface area contributed by atoms with E-state index in [1.54, 1.807) is 4.90 Å². The van der Waals surface area contributed by atoms with Crippen LogP contribution in [0.5, 0.6) is 5.75 Å². The summed E-state index contributed by atoms with van der Waals surface area (Å²) in [5.41, 5.74) is 0.156. The van der Waals surface area contributed by atoms with Crippen LogP contribution in [-0.2, 0) is 16.1 Å². The molecule has 1 aromatic rings. The van der Waals surface area contributed by atoms with E-state index in [2.05, 4.69) is 5.32 Å². The Kier molecular flexibility index (Phi) is 6.97. The Bertz CT molecular complexity index is 682. The Balaban J connectivity index is 1.73. The number of benzene rings is 1. The number of amides is 2. The average molecular weight is 387 g/mol. The van der Waals surface area contributed by atoms with Gasteiger partial charge in [-0.2, -0.15) is 0 Å². The Morgan fingerprint density at radius 2 is 1.86 bits per heavy atom. The zero-order valence-corrected chi connectivity index (χ0v) is 17.3. The van der Waals surface area contributed by atoms with Crippen molar-refractivity contribution in [2.75, 3.05) is 6.61 Å². The number of carbonyl (C=O) groups excluding carboxylic acids is 2. The predicted molar refractivity (Wildman–Crippen MR) is 110 cm³/mol. The van der Waals surface area contributed by atoms with Gasteiger partial charge in [-0.3, -0.25) is 9.59 Å². The lowest BCUT2D eigenvalue weighted by molar-refractivity contribution is -0.141. The van der Waals surface area contributed by atoms with Crippen LogP contribution in [0.3, 0.4) is 0 Å². The fraction of sp³-hybridized carbons (Fsp3) is 0.652. The summed E-state index contributed by atoms with van der Waals surface area (Å²) >= 11 is 0. The molecule has 1 saturated heterocycles. The van der Waals surface area contributed by atoms with Crippen LogP contribution in [0.15, 0.2) is 24.3 Å². The van der Waals surface area contributed by atoms with Gasteiger partial charge >= 0.3 is 0 Å². The van der Waals surface area contributed by atoms with Gasteiger partial charge in [-0.15, -0.1) is 0 Å². The van der Waals surface area contributed by atoms with Gasteiger partial charge in [0.05, 0.1) is 13.2 Å². The number of hydrogen-bond acceptors (Lipinski definition) is 3. The average Bonchev–Trinajstić information content (AvgIpc) is 2.95. The number of likely N-dealkylation sites (tertiary alicyclic amines) is 1. The predicted octanol–water partition coefficient (Wildman–Crippen LogP) is 4.20. The Hall–Kier alpha value is -2.04. The van der Waals surface area contributed by atoms with E-state index < -0.39 is 5.54 Å². The maximum absolute atomic E-state index is 13.3. The molecule has 2 amide bonds. The molecule has 1 unspecified atom stereocenters. The largest absolute Gasteiger partial charge is 0.494 e. The van der Waals surface area contributed by atoms with E-state index in [-0.39, 0.29) is 17.9 Å². The zero-order valence-electron chi connectivity index (χ0n) is 17.3. The quantitative estimate of drug-likeness (QED) is 0.797. The van der Waals surface area contributed by atoms with Crippen molar-refractivity contribution < 1.29 is 14.3 Å². The lowest BCUT2D eigenvalue weighted by atomic mass is 9.93. The molecule has 2 fully saturated rings. The molecular weight excluding hydrogens is 352 g/mol. The number of rotatable bonds is 6. The summed E-state index contributed by atoms with van der Waals surface area (Å²) in [4.78, 5) is 27.7. The van der Waals surface area contributed by atoms with Gasteiger partial charge in [0.1, 0.15) is 11.3 Å². The number of carbonyl (C=O) groups is 2. The molecule has 5 nitrogen and oxygen atoms in total. The minimum absolute atomic E-state index is 0.00202. The molecule has 154 valence electrons. The molecule has 2 aliphatic rings. The van der Waals surface area contributed by atoms with Crippen molar-refractivity contribution in [1.82, 2.24) is 10.2 Å². The van der Waals surface area contributed by atoms with Gasteiger partial charge in [-0.1, -0.05) is 50.3 Å². The molecule has 1 aliphatic carbocycles. The van der Waals surface area contributed by atoms with Gasteiger partial charge < -0.3 is 15.0 Å². The molecule has 0 aromatic heterocycles. The van der Waals surface area contributed by atoms with Gasteiger partial charge in [-0.05, 0) is 39.2 Å². The fourth-order valence-electron chi connectivity index (χ4n) is 4.44. The molecule has 1 aromatic carbocycles. The highest BCUT2D eigenvalue weighted by atomic mass is 16.5. The molecule has 28 heavy (non-hydrogen) atoms. The van der Waals surface area contributed by atoms with Gasteiger partial charge in [0.15, 0.2) is 0 Å². The van der Waals surface area contributed by atoms with E-state index in [1.807, 2.05) is 38.1 Å². The van der Waals surface area contributed by atoms with Crippen LogP contribution in [0.1, 0.15) is 77.2 Å². The van der Waals surface area contributed by atoms with Gasteiger partial charge in [0, 0.05) is 18.0 Å². The van der Waals surface area contributed by atoms with E-state index >= 15 is 0 Å². The Morgan fingerprint density at radius 1 is 1.18 bits per heavy atom.